The number of halogens is 2. The van der Waals surface area contributed by atoms with Crippen LogP contribution < -0.4 is 10.2 Å². The summed E-state index contributed by atoms with van der Waals surface area (Å²) in [6.07, 6.45) is 1.67. The first-order valence-corrected chi connectivity index (χ1v) is 7.79. The Bertz CT molecular complexity index is 733. The molecule has 0 atom stereocenters. The molecule has 0 aromatic heterocycles. The molecular formula is C16H14BrClN2O3. The lowest BCUT2D eigenvalue weighted by Crippen LogP contribution is -2.19. The van der Waals surface area contributed by atoms with E-state index < -0.39 is 0 Å². The largest absolute Gasteiger partial charge is 0.503 e. The number of aromatic hydroxyl groups is 1. The van der Waals surface area contributed by atoms with Gasteiger partial charge in [-0.2, -0.15) is 5.10 Å². The molecule has 2 aromatic rings. The van der Waals surface area contributed by atoms with Crippen molar-refractivity contribution in [2.75, 3.05) is 7.11 Å². The summed E-state index contributed by atoms with van der Waals surface area (Å²) >= 11 is 9.01. The highest BCUT2D eigenvalue weighted by molar-refractivity contribution is 9.10. The van der Waals surface area contributed by atoms with Crippen molar-refractivity contribution < 1.29 is 14.6 Å². The molecule has 0 aliphatic heterocycles. The van der Waals surface area contributed by atoms with Crippen molar-refractivity contribution in [3.63, 3.8) is 0 Å². The van der Waals surface area contributed by atoms with Gasteiger partial charge in [-0.3, -0.25) is 4.79 Å². The van der Waals surface area contributed by atoms with Crippen molar-refractivity contribution >= 4 is 39.7 Å². The number of nitrogens with zero attached hydrogens (tertiary/aromatic N) is 1. The van der Waals surface area contributed by atoms with Crippen LogP contribution in [0.5, 0.6) is 11.5 Å². The fourth-order valence-corrected chi connectivity index (χ4v) is 2.42. The molecule has 0 aliphatic rings. The van der Waals surface area contributed by atoms with Crippen LogP contribution in [0.15, 0.2) is 46.0 Å². The van der Waals surface area contributed by atoms with Gasteiger partial charge < -0.3 is 9.84 Å². The van der Waals surface area contributed by atoms with Crippen molar-refractivity contribution in [3.8, 4) is 11.5 Å². The van der Waals surface area contributed by atoms with Gasteiger partial charge in [-0.25, -0.2) is 5.43 Å². The number of benzene rings is 2. The molecule has 0 heterocycles. The van der Waals surface area contributed by atoms with Crippen LogP contribution in [0.3, 0.4) is 0 Å². The number of carbonyl (C=O) groups is 1. The van der Waals surface area contributed by atoms with Crippen molar-refractivity contribution in [1.82, 2.24) is 5.43 Å². The minimum absolute atomic E-state index is 0.0106. The van der Waals surface area contributed by atoms with Crippen LogP contribution in [0.4, 0.5) is 0 Å². The Balaban J connectivity index is 1.97. The van der Waals surface area contributed by atoms with Crippen LogP contribution in [-0.4, -0.2) is 24.3 Å². The molecule has 0 spiro atoms. The maximum absolute atomic E-state index is 11.8. The Morgan fingerprint density at radius 3 is 2.74 bits per heavy atom. The minimum Gasteiger partial charge on any atom is -0.503 e. The molecule has 7 heteroatoms. The van der Waals surface area contributed by atoms with Gasteiger partial charge in [-0.05, 0) is 51.3 Å². The number of hydrogen-bond acceptors (Lipinski definition) is 4. The average molecular weight is 398 g/mol. The summed E-state index contributed by atoms with van der Waals surface area (Å²) in [6.45, 7) is 0. The quantitative estimate of drug-likeness (QED) is 0.599. The zero-order valence-corrected chi connectivity index (χ0v) is 14.6. The summed E-state index contributed by atoms with van der Waals surface area (Å²) in [5.41, 5.74) is 3.95. The summed E-state index contributed by atoms with van der Waals surface area (Å²) in [6, 6.07) is 10.3. The van der Waals surface area contributed by atoms with Crippen LogP contribution in [0.1, 0.15) is 11.1 Å². The van der Waals surface area contributed by atoms with E-state index in [0.29, 0.717) is 20.8 Å². The van der Waals surface area contributed by atoms with Gasteiger partial charge >= 0.3 is 0 Å². The van der Waals surface area contributed by atoms with Crippen molar-refractivity contribution in [2.24, 2.45) is 5.10 Å². The third-order valence-electron chi connectivity index (χ3n) is 2.95. The number of phenols is 1. The molecule has 0 aliphatic carbocycles. The Kier molecular flexibility index (Phi) is 6.01. The van der Waals surface area contributed by atoms with Gasteiger partial charge in [0.25, 0.3) is 0 Å². The van der Waals surface area contributed by atoms with Gasteiger partial charge in [0.1, 0.15) is 0 Å². The molecule has 0 bridgehead atoms. The first-order chi connectivity index (χ1) is 11.0. The molecule has 2 N–H and O–H groups in total. The van der Waals surface area contributed by atoms with E-state index in [9.17, 15) is 9.90 Å². The number of methoxy groups -OCH3 is 1. The van der Waals surface area contributed by atoms with Gasteiger partial charge in [-0.15, -0.1) is 0 Å². The Hall–Kier alpha value is -2.05. The highest BCUT2D eigenvalue weighted by Crippen LogP contribution is 2.34. The number of hydrazone groups is 1. The van der Waals surface area contributed by atoms with E-state index in [1.165, 1.54) is 13.3 Å². The number of rotatable bonds is 5. The van der Waals surface area contributed by atoms with E-state index >= 15 is 0 Å². The first-order valence-electron chi connectivity index (χ1n) is 6.62. The van der Waals surface area contributed by atoms with Gasteiger partial charge in [-0.1, -0.05) is 23.7 Å². The summed E-state index contributed by atoms with van der Waals surface area (Å²) in [5, 5.41) is 14.2. The zero-order chi connectivity index (χ0) is 16.8. The number of phenolic OH excluding ortho intramolecular Hbond substituents is 1. The van der Waals surface area contributed by atoms with Gasteiger partial charge in [0.15, 0.2) is 11.5 Å². The third-order valence-corrected chi connectivity index (χ3v) is 3.81. The number of amides is 1. The van der Waals surface area contributed by atoms with E-state index in [-0.39, 0.29) is 18.1 Å². The summed E-state index contributed by atoms with van der Waals surface area (Å²) in [4.78, 5) is 11.8. The Labute approximate surface area is 147 Å². The molecule has 2 rings (SSSR count). The van der Waals surface area contributed by atoms with Gasteiger partial charge in [0.2, 0.25) is 5.91 Å². The lowest BCUT2D eigenvalue weighted by molar-refractivity contribution is -0.120. The zero-order valence-electron chi connectivity index (χ0n) is 12.2. The summed E-state index contributed by atoms with van der Waals surface area (Å²) < 4.78 is 5.52. The molecule has 0 fully saturated rings. The lowest BCUT2D eigenvalue weighted by Gasteiger charge is -2.06. The van der Waals surface area contributed by atoms with Crippen LogP contribution >= 0.6 is 27.5 Å². The predicted octanol–water partition coefficient (Wildman–Crippen LogP) is 3.51. The van der Waals surface area contributed by atoms with Crippen LogP contribution in [-0.2, 0) is 11.2 Å². The molecule has 2 aromatic carbocycles. The molecule has 1 amide bonds. The number of hydrogen-bond donors (Lipinski definition) is 2. The van der Waals surface area contributed by atoms with Gasteiger partial charge in [0, 0.05) is 5.02 Å². The van der Waals surface area contributed by atoms with Crippen molar-refractivity contribution in [2.45, 2.75) is 6.42 Å². The number of carbonyl (C=O) groups excluding carboxylic acids is 1. The molecule has 0 radical (unpaired) electrons. The minimum atomic E-state index is -0.242. The molecule has 23 heavy (non-hydrogen) atoms. The second-order valence-electron chi connectivity index (χ2n) is 4.65. The molecule has 0 saturated carbocycles. The normalized spacial score (nSPS) is 10.7. The van der Waals surface area contributed by atoms with E-state index in [1.807, 2.05) is 0 Å². The fourth-order valence-electron chi connectivity index (χ4n) is 1.83. The molecule has 0 saturated heterocycles. The van der Waals surface area contributed by atoms with Crippen LogP contribution in [0.25, 0.3) is 0 Å². The Morgan fingerprint density at radius 1 is 1.39 bits per heavy atom. The maximum atomic E-state index is 11.8. The summed E-state index contributed by atoms with van der Waals surface area (Å²) in [7, 11) is 1.45. The van der Waals surface area contributed by atoms with Crippen molar-refractivity contribution in [3.05, 3.63) is 57.0 Å². The molecular weight excluding hydrogens is 384 g/mol. The summed E-state index contributed by atoms with van der Waals surface area (Å²) in [5.74, 6) is 0.0816. The Morgan fingerprint density at radius 2 is 2.09 bits per heavy atom. The number of ether oxygens (including phenoxy) is 1. The smallest absolute Gasteiger partial charge is 0.244 e. The predicted molar refractivity (Wildman–Crippen MR) is 93.3 cm³/mol. The highest BCUT2D eigenvalue weighted by Gasteiger charge is 2.07. The highest BCUT2D eigenvalue weighted by atomic mass is 79.9. The molecule has 5 nitrogen and oxygen atoms in total. The SMILES string of the molecule is COc1cc(C=NNC(=O)Cc2ccc(Cl)cc2)cc(Br)c1O. The monoisotopic (exact) mass is 396 g/mol. The van der Waals surface area contributed by atoms with Crippen molar-refractivity contribution in [1.29, 1.82) is 0 Å². The van der Waals surface area contributed by atoms with E-state index in [4.69, 9.17) is 16.3 Å². The van der Waals surface area contributed by atoms with Gasteiger partial charge in [0.05, 0.1) is 24.2 Å². The van der Waals surface area contributed by atoms with E-state index in [2.05, 4.69) is 26.5 Å². The standard InChI is InChI=1S/C16H14BrClN2O3/c1-23-14-7-11(6-13(17)16(14)22)9-19-20-15(21)8-10-2-4-12(18)5-3-10/h2-7,9,22H,8H2,1H3,(H,20,21). The lowest BCUT2D eigenvalue weighted by atomic mass is 10.1. The van der Waals surface area contributed by atoms with E-state index in [0.717, 1.165) is 5.56 Å². The third kappa shape index (κ3) is 4.97. The van der Waals surface area contributed by atoms with Crippen LogP contribution in [0.2, 0.25) is 5.02 Å². The maximum Gasteiger partial charge on any atom is 0.244 e. The molecule has 120 valence electrons. The number of nitrogens with one attached hydrogen (secondary N) is 1. The first kappa shape index (κ1) is 17.3. The second kappa shape index (κ2) is 7.99. The fraction of sp³-hybridized carbons (Fsp3) is 0.125. The molecule has 0 unspecified atom stereocenters. The van der Waals surface area contributed by atoms with Crippen LogP contribution in [0, 0.1) is 0 Å². The second-order valence-corrected chi connectivity index (χ2v) is 5.94. The van der Waals surface area contributed by atoms with E-state index in [1.54, 1.807) is 36.4 Å². The topological polar surface area (TPSA) is 70.9 Å². The average Bonchev–Trinajstić information content (AvgIpc) is 2.53.